The van der Waals surface area contributed by atoms with Gasteiger partial charge in [-0.15, -0.1) is 0 Å². The highest BCUT2D eigenvalue weighted by atomic mass is 28.4. The molecule has 6 fully saturated rings. The number of aliphatic hydroxyl groups is 1. The Balaban J connectivity index is 0.000000177. The van der Waals surface area contributed by atoms with E-state index in [-0.39, 0.29) is 0 Å². The Hall–Kier alpha value is 0.137. The van der Waals surface area contributed by atoms with Crippen molar-refractivity contribution in [1.82, 2.24) is 0 Å². The summed E-state index contributed by atoms with van der Waals surface area (Å²) in [5, 5.41) is 9.32. The first-order valence-corrected chi connectivity index (χ1v) is 14.5. The molecule has 158 valence electrons. The lowest BCUT2D eigenvalue weighted by atomic mass is 9.34. The molecule has 27 heavy (non-hydrogen) atoms. The van der Waals surface area contributed by atoms with E-state index in [9.17, 15) is 0 Å². The molecule has 0 heterocycles. The average Bonchev–Trinajstić information content (AvgIpc) is 2.42. The maximum atomic E-state index is 8.97. The maximum absolute atomic E-state index is 8.97. The van der Waals surface area contributed by atoms with Gasteiger partial charge in [-0.25, -0.2) is 0 Å². The molecule has 1 N–H and O–H groups in total. The number of rotatable bonds is 8. The molecule has 6 rings (SSSR count). The third-order valence-corrected chi connectivity index (χ3v) is 13.4. The molecule has 0 aromatic heterocycles. The topological polar surface area (TPSA) is 29.5 Å². The fourth-order valence-corrected chi connectivity index (χ4v) is 8.02. The van der Waals surface area contributed by atoms with Gasteiger partial charge in [0.05, 0.1) is 0 Å². The summed E-state index contributed by atoms with van der Waals surface area (Å²) in [6.07, 6.45) is 13.9. The molecule has 2 nitrogen and oxygen atoms in total. The van der Waals surface area contributed by atoms with E-state index in [0.717, 1.165) is 17.4 Å². The van der Waals surface area contributed by atoms with Crippen LogP contribution in [-0.2, 0) is 4.43 Å². The lowest BCUT2D eigenvalue weighted by molar-refractivity contribution is -0.226. The van der Waals surface area contributed by atoms with Gasteiger partial charge in [0.1, 0.15) is 0 Å². The van der Waals surface area contributed by atoms with E-state index < -0.39 is 8.32 Å². The van der Waals surface area contributed by atoms with Gasteiger partial charge in [-0.05, 0) is 91.2 Å². The van der Waals surface area contributed by atoms with Gasteiger partial charge in [0.2, 0.25) is 0 Å². The van der Waals surface area contributed by atoms with Gasteiger partial charge in [0.25, 0.3) is 0 Å². The normalized spacial score (nSPS) is 41.3. The quantitative estimate of drug-likeness (QED) is 0.452. The van der Waals surface area contributed by atoms with Crippen LogP contribution in [0.2, 0.25) is 18.1 Å². The van der Waals surface area contributed by atoms with Crippen molar-refractivity contribution in [1.29, 1.82) is 0 Å². The van der Waals surface area contributed by atoms with Crippen molar-refractivity contribution >= 4 is 8.32 Å². The molecule has 0 spiro atoms. The molecule has 6 aliphatic rings. The molecule has 0 amide bonds. The highest BCUT2D eigenvalue weighted by Crippen LogP contribution is 2.75. The fourth-order valence-electron chi connectivity index (χ4n) is 6.92. The Bertz CT molecular complexity index is 506. The third kappa shape index (κ3) is 3.82. The minimum Gasteiger partial charge on any atom is -0.416 e. The Labute approximate surface area is 170 Å². The Kier molecular flexibility index (Phi) is 5.53. The van der Waals surface area contributed by atoms with Crippen molar-refractivity contribution in [3.05, 3.63) is 0 Å². The molecule has 0 aromatic rings. The molecule has 0 radical (unpaired) electrons. The van der Waals surface area contributed by atoms with E-state index in [2.05, 4.69) is 47.7 Å². The predicted octanol–water partition coefficient (Wildman–Crippen LogP) is 6.93. The minimum absolute atomic E-state index is 0.359. The van der Waals surface area contributed by atoms with Crippen molar-refractivity contribution in [3.8, 4) is 0 Å². The van der Waals surface area contributed by atoms with Crippen LogP contribution >= 0.6 is 0 Å². The second kappa shape index (κ2) is 6.84. The first-order valence-electron chi connectivity index (χ1n) is 11.6. The molecule has 4 bridgehead atoms. The molecular formula is C24H46O2Si. The van der Waals surface area contributed by atoms with Gasteiger partial charge in [-0.1, -0.05) is 47.5 Å². The van der Waals surface area contributed by atoms with E-state index in [1.54, 1.807) is 0 Å². The Morgan fingerprint density at radius 2 is 1.19 bits per heavy atom. The van der Waals surface area contributed by atoms with Crippen LogP contribution < -0.4 is 0 Å². The molecule has 0 aliphatic heterocycles. The summed E-state index contributed by atoms with van der Waals surface area (Å²) in [5.74, 6) is 0. The number of aliphatic hydroxyl groups excluding tert-OH is 1. The summed E-state index contributed by atoms with van der Waals surface area (Å²) in [4.78, 5) is 0. The van der Waals surface area contributed by atoms with Crippen molar-refractivity contribution < 1.29 is 9.53 Å². The standard InChI is InChI=1S/C15H30OSi.C9H16O/c1-7-8-14-9-15(10-14,11-14)12-16-17(5,6)13(2,3)4;1-2-3-8-4-9(5-8,6-8)7-10/h7-12H2,1-6H3;10H,2-7H2,1H3. The second-order valence-electron chi connectivity index (χ2n) is 12.8. The zero-order valence-electron chi connectivity index (χ0n) is 19.3. The summed E-state index contributed by atoms with van der Waals surface area (Å²) in [6, 6.07) is 0. The van der Waals surface area contributed by atoms with E-state index in [0.29, 0.717) is 22.5 Å². The zero-order chi connectivity index (χ0) is 20.2. The van der Waals surface area contributed by atoms with E-state index >= 15 is 0 Å². The van der Waals surface area contributed by atoms with Gasteiger partial charge in [0.15, 0.2) is 8.32 Å². The fraction of sp³-hybridized carbons (Fsp3) is 1.00. The molecule has 0 unspecified atom stereocenters. The van der Waals surface area contributed by atoms with Crippen LogP contribution in [0.4, 0.5) is 0 Å². The summed E-state index contributed by atoms with van der Waals surface area (Å²) in [6.45, 7) is 17.8. The second-order valence-corrected chi connectivity index (χ2v) is 17.6. The van der Waals surface area contributed by atoms with Gasteiger partial charge in [0, 0.05) is 13.2 Å². The maximum Gasteiger partial charge on any atom is 0.192 e. The predicted molar refractivity (Wildman–Crippen MR) is 117 cm³/mol. The molecular weight excluding hydrogens is 348 g/mol. The van der Waals surface area contributed by atoms with Gasteiger partial charge in [-0.3, -0.25) is 0 Å². The zero-order valence-corrected chi connectivity index (χ0v) is 20.3. The molecule has 6 saturated carbocycles. The van der Waals surface area contributed by atoms with Crippen LogP contribution in [0.15, 0.2) is 0 Å². The highest BCUT2D eigenvalue weighted by molar-refractivity contribution is 6.74. The first-order chi connectivity index (χ1) is 12.4. The van der Waals surface area contributed by atoms with Gasteiger partial charge < -0.3 is 9.53 Å². The smallest absolute Gasteiger partial charge is 0.192 e. The van der Waals surface area contributed by atoms with Gasteiger partial charge >= 0.3 is 0 Å². The lowest BCUT2D eigenvalue weighted by Crippen LogP contribution is -2.64. The van der Waals surface area contributed by atoms with Crippen LogP contribution in [-0.4, -0.2) is 26.6 Å². The van der Waals surface area contributed by atoms with E-state index in [4.69, 9.17) is 9.53 Å². The minimum atomic E-state index is -1.52. The molecule has 0 saturated heterocycles. The van der Waals surface area contributed by atoms with Crippen molar-refractivity contribution in [2.45, 2.75) is 117 Å². The Morgan fingerprint density at radius 3 is 1.52 bits per heavy atom. The molecule has 6 aliphatic carbocycles. The average molecular weight is 395 g/mol. The van der Waals surface area contributed by atoms with Crippen molar-refractivity contribution in [2.75, 3.05) is 13.2 Å². The monoisotopic (exact) mass is 394 g/mol. The van der Waals surface area contributed by atoms with Crippen LogP contribution in [0, 0.1) is 21.7 Å². The Morgan fingerprint density at radius 1 is 0.778 bits per heavy atom. The summed E-state index contributed by atoms with van der Waals surface area (Å²) in [7, 11) is -1.52. The van der Waals surface area contributed by atoms with Crippen LogP contribution in [0.5, 0.6) is 0 Å². The van der Waals surface area contributed by atoms with Crippen molar-refractivity contribution in [2.24, 2.45) is 21.7 Å². The van der Waals surface area contributed by atoms with Crippen molar-refractivity contribution in [3.63, 3.8) is 0 Å². The summed E-state index contributed by atoms with van der Waals surface area (Å²) in [5.41, 5.74) is 2.53. The van der Waals surface area contributed by atoms with Crippen LogP contribution in [0.1, 0.15) is 98.8 Å². The SMILES string of the molecule is CCCC12CC(CO)(C1)C2.CCCC12CC(CO[Si](C)(C)C(C)(C)C)(C1)C2. The highest BCUT2D eigenvalue weighted by Gasteiger charge is 2.67. The third-order valence-electron chi connectivity index (χ3n) is 8.94. The number of hydrogen-bond donors (Lipinski definition) is 1. The first kappa shape index (κ1) is 21.8. The molecule has 0 aromatic carbocycles. The lowest BCUT2D eigenvalue weighted by Gasteiger charge is -2.71. The van der Waals surface area contributed by atoms with Gasteiger partial charge in [-0.2, -0.15) is 0 Å². The van der Waals surface area contributed by atoms with E-state index in [1.165, 1.54) is 64.2 Å². The number of hydrogen-bond acceptors (Lipinski definition) is 2. The molecule has 0 atom stereocenters. The van der Waals surface area contributed by atoms with Crippen LogP contribution in [0.25, 0.3) is 0 Å². The van der Waals surface area contributed by atoms with E-state index in [1.807, 2.05) is 0 Å². The summed E-state index contributed by atoms with van der Waals surface area (Å²) < 4.78 is 6.40. The molecule has 3 heteroatoms. The van der Waals surface area contributed by atoms with Crippen LogP contribution in [0.3, 0.4) is 0 Å². The summed E-state index contributed by atoms with van der Waals surface area (Å²) >= 11 is 0. The largest absolute Gasteiger partial charge is 0.416 e.